The van der Waals surface area contributed by atoms with Gasteiger partial charge in [-0.1, -0.05) is 54.6 Å². The van der Waals surface area contributed by atoms with Gasteiger partial charge in [0.05, 0.1) is 5.56 Å². The summed E-state index contributed by atoms with van der Waals surface area (Å²) in [4.78, 5) is 0. The summed E-state index contributed by atoms with van der Waals surface area (Å²) in [5.41, 5.74) is 2.13. The zero-order chi connectivity index (χ0) is 14.8. The van der Waals surface area contributed by atoms with Gasteiger partial charge in [-0.25, -0.2) is 13.2 Å². The van der Waals surface area contributed by atoms with E-state index in [1.807, 2.05) is 30.3 Å². The molecule has 0 aliphatic carbocycles. The Labute approximate surface area is 120 Å². The Morgan fingerprint density at radius 2 is 1.00 bits per heavy atom. The normalized spacial score (nSPS) is 10.6. The minimum absolute atomic E-state index is 0.212. The highest BCUT2D eigenvalue weighted by atomic mass is 19.1. The molecule has 0 nitrogen and oxygen atoms in total. The van der Waals surface area contributed by atoms with Crippen LogP contribution in [0.5, 0.6) is 0 Å². The van der Waals surface area contributed by atoms with E-state index in [0.29, 0.717) is 17.7 Å². The Hall–Kier alpha value is -2.55. The molecule has 0 radical (unpaired) electrons. The van der Waals surface area contributed by atoms with Crippen LogP contribution in [0, 0.1) is 17.5 Å². The van der Waals surface area contributed by atoms with Crippen LogP contribution in [0.4, 0.5) is 13.2 Å². The molecule has 0 aliphatic rings. The quantitative estimate of drug-likeness (QED) is 0.588. The number of halogens is 3. The largest absolute Gasteiger partial charge is 0.207 e. The summed E-state index contributed by atoms with van der Waals surface area (Å²) in [7, 11) is 0. The fourth-order valence-electron chi connectivity index (χ4n) is 2.28. The molecular weight excluding hydrogens is 273 g/mol. The third-order valence-corrected chi connectivity index (χ3v) is 3.29. The van der Waals surface area contributed by atoms with Gasteiger partial charge in [-0.05, 0) is 16.7 Å². The van der Waals surface area contributed by atoms with Gasteiger partial charge in [0.2, 0.25) is 0 Å². The van der Waals surface area contributed by atoms with Gasteiger partial charge in [-0.2, -0.15) is 0 Å². The number of benzene rings is 3. The zero-order valence-electron chi connectivity index (χ0n) is 11.0. The lowest BCUT2D eigenvalue weighted by atomic mass is 9.99. The monoisotopic (exact) mass is 284 g/mol. The second-order valence-corrected chi connectivity index (χ2v) is 4.69. The third kappa shape index (κ3) is 2.68. The summed E-state index contributed by atoms with van der Waals surface area (Å²) in [6.45, 7) is 0. The van der Waals surface area contributed by atoms with Crippen molar-refractivity contribution in [3.63, 3.8) is 0 Å². The molecule has 3 rings (SSSR count). The summed E-state index contributed by atoms with van der Waals surface area (Å²) in [6, 6.07) is 17.9. The second kappa shape index (κ2) is 5.44. The zero-order valence-corrected chi connectivity index (χ0v) is 11.0. The maximum Gasteiger partial charge on any atom is 0.136 e. The molecule has 0 unspecified atom stereocenters. The van der Waals surface area contributed by atoms with Gasteiger partial charge in [-0.3, -0.25) is 0 Å². The number of hydrogen-bond donors (Lipinski definition) is 0. The molecule has 0 N–H and O–H groups in total. The van der Waals surface area contributed by atoms with Crippen LogP contribution >= 0.6 is 0 Å². The molecule has 0 spiro atoms. The molecule has 0 amide bonds. The Kier molecular flexibility index (Phi) is 3.48. The topological polar surface area (TPSA) is 0 Å². The molecular formula is C18H11F3. The SMILES string of the molecule is Fc1cc(F)c(-c2ccc(-c3ccccc3)cc2)c(F)c1. The van der Waals surface area contributed by atoms with Crippen molar-refractivity contribution < 1.29 is 13.2 Å². The first-order valence-electron chi connectivity index (χ1n) is 6.45. The Morgan fingerprint density at radius 1 is 0.524 bits per heavy atom. The summed E-state index contributed by atoms with van der Waals surface area (Å²) >= 11 is 0. The molecule has 0 aromatic heterocycles. The van der Waals surface area contributed by atoms with E-state index in [4.69, 9.17) is 0 Å². The van der Waals surface area contributed by atoms with Gasteiger partial charge in [0.15, 0.2) is 0 Å². The molecule has 0 atom stereocenters. The Balaban J connectivity index is 2.03. The van der Waals surface area contributed by atoms with Crippen LogP contribution in [0.3, 0.4) is 0 Å². The molecule has 0 fully saturated rings. The van der Waals surface area contributed by atoms with E-state index in [0.717, 1.165) is 11.1 Å². The van der Waals surface area contributed by atoms with Crippen LogP contribution in [-0.2, 0) is 0 Å². The summed E-state index contributed by atoms with van der Waals surface area (Å²) < 4.78 is 40.4. The van der Waals surface area contributed by atoms with Gasteiger partial charge in [0, 0.05) is 12.1 Å². The van der Waals surface area contributed by atoms with Crippen LogP contribution in [0.25, 0.3) is 22.3 Å². The molecule has 21 heavy (non-hydrogen) atoms. The van der Waals surface area contributed by atoms with Crippen molar-refractivity contribution in [2.45, 2.75) is 0 Å². The van der Waals surface area contributed by atoms with Crippen molar-refractivity contribution in [1.29, 1.82) is 0 Å². The number of hydrogen-bond acceptors (Lipinski definition) is 0. The first-order chi connectivity index (χ1) is 10.1. The van der Waals surface area contributed by atoms with Crippen molar-refractivity contribution in [2.75, 3.05) is 0 Å². The molecule has 3 aromatic carbocycles. The van der Waals surface area contributed by atoms with E-state index in [-0.39, 0.29) is 5.56 Å². The lowest BCUT2D eigenvalue weighted by molar-refractivity contribution is 0.548. The molecule has 0 heterocycles. The van der Waals surface area contributed by atoms with E-state index in [1.54, 1.807) is 24.3 Å². The predicted octanol–water partition coefficient (Wildman–Crippen LogP) is 5.44. The second-order valence-electron chi connectivity index (χ2n) is 4.69. The molecule has 0 saturated carbocycles. The lowest BCUT2D eigenvalue weighted by Gasteiger charge is -2.07. The molecule has 3 aromatic rings. The minimum atomic E-state index is -0.922. The molecule has 104 valence electrons. The van der Waals surface area contributed by atoms with E-state index < -0.39 is 17.5 Å². The van der Waals surface area contributed by atoms with E-state index in [2.05, 4.69) is 0 Å². The highest BCUT2D eigenvalue weighted by molar-refractivity contribution is 5.71. The van der Waals surface area contributed by atoms with E-state index in [1.165, 1.54) is 0 Å². The van der Waals surface area contributed by atoms with Crippen molar-refractivity contribution in [1.82, 2.24) is 0 Å². The fraction of sp³-hybridized carbons (Fsp3) is 0. The van der Waals surface area contributed by atoms with Crippen LogP contribution in [0.2, 0.25) is 0 Å². The third-order valence-electron chi connectivity index (χ3n) is 3.29. The van der Waals surface area contributed by atoms with Gasteiger partial charge in [0.25, 0.3) is 0 Å². The molecule has 0 aliphatic heterocycles. The average molecular weight is 284 g/mol. The minimum Gasteiger partial charge on any atom is -0.207 e. The van der Waals surface area contributed by atoms with Crippen LogP contribution in [0.15, 0.2) is 66.7 Å². The average Bonchev–Trinajstić information content (AvgIpc) is 2.48. The Morgan fingerprint density at radius 3 is 1.57 bits per heavy atom. The van der Waals surface area contributed by atoms with Gasteiger partial charge in [0.1, 0.15) is 17.5 Å². The van der Waals surface area contributed by atoms with Crippen molar-refractivity contribution >= 4 is 0 Å². The Bertz CT molecular complexity index is 739. The van der Waals surface area contributed by atoms with Crippen LogP contribution < -0.4 is 0 Å². The summed E-state index contributed by atoms with van der Waals surface area (Å²) in [5.74, 6) is -2.73. The van der Waals surface area contributed by atoms with Crippen LogP contribution in [0.1, 0.15) is 0 Å². The van der Waals surface area contributed by atoms with E-state index in [9.17, 15) is 13.2 Å². The highest BCUT2D eigenvalue weighted by Crippen LogP contribution is 2.29. The molecule has 3 heteroatoms. The standard InChI is InChI=1S/C18H11F3/c19-15-10-16(20)18(17(21)11-15)14-8-6-13(7-9-14)12-4-2-1-3-5-12/h1-11H. The van der Waals surface area contributed by atoms with Crippen molar-refractivity contribution in [3.8, 4) is 22.3 Å². The lowest BCUT2D eigenvalue weighted by Crippen LogP contribution is -1.92. The number of rotatable bonds is 2. The van der Waals surface area contributed by atoms with Gasteiger partial charge >= 0.3 is 0 Å². The van der Waals surface area contributed by atoms with Gasteiger partial charge < -0.3 is 0 Å². The highest BCUT2D eigenvalue weighted by Gasteiger charge is 2.13. The smallest absolute Gasteiger partial charge is 0.136 e. The summed E-state index contributed by atoms with van der Waals surface area (Å²) in [5, 5.41) is 0. The van der Waals surface area contributed by atoms with Crippen molar-refractivity contribution in [2.24, 2.45) is 0 Å². The fourth-order valence-corrected chi connectivity index (χ4v) is 2.28. The summed E-state index contributed by atoms with van der Waals surface area (Å²) in [6.07, 6.45) is 0. The van der Waals surface area contributed by atoms with Gasteiger partial charge in [-0.15, -0.1) is 0 Å². The first kappa shape index (κ1) is 13.4. The molecule has 0 saturated heterocycles. The maximum absolute atomic E-state index is 13.7. The van der Waals surface area contributed by atoms with Crippen LogP contribution in [-0.4, -0.2) is 0 Å². The molecule has 0 bridgehead atoms. The van der Waals surface area contributed by atoms with E-state index >= 15 is 0 Å². The maximum atomic E-state index is 13.7. The first-order valence-corrected chi connectivity index (χ1v) is 6.45. The van der Waals surface area contributed by atoms with Crippen molar-refractivity contribution in [3.05, 3.63) is 84.2 Å². The predicted molar refractivity (Wildman–Crippen MR) is 77.2 cm³/mol.